The van der Waals surface area contributed by atoms with Gasteiger partial charge in [-0.1, -0.05) is 24.3 Å². The molecule has 0 fully saturated rings. The SMILES string of the molecule is CCNc1cc(-c2ccc(NC(=O)c3cc4cccnc4s3)cc2)ccc1C(=O)NC(C)C. The maximum absolute atomic E-state index is 12.7. The number of hydrogen-bond donors (Lipinski definition) is 3. The Bertz CT molecular complexity index is 1260. The number of fused-ring (bicyclic) bond motifs is 1. The predicted octanol–water partition coefficient (Wildman–Crippen LogP) is 5.79. The Morgan fingerprint density at radius 2 is 1.73 bits per heavy atom. The summed E-state index contributed by atoms with van der Waals surface area (Å²) in [7, 11) is 0. The highest BCUT2D eigenvalue weighted by Gasteiger charge is 2.14. The van der Waals surface area contributed by atoms with Gasteiger partial charge in [0.2, 0.25) is 0 Å². The molecule has 0 saturated heterocycles. The van der Waals surface area contributed by atoms with E-state index in [1.165, 1.54) is 11.3 Å². The zero-order valence-electron chi connectivity index (χ0n) is 18.8. The van der Waals surface area contributed by atoms with Crippen molar-refractivity contribution in [3.8, 4) is 11.1 Å². The summed E-state index contributed by atoms with van der Waals surface area (Å²) in [6.07, 6.45) is 1.73. The molecule has 4 aromatic rings. The quantitative estimate of drug-likeness (QED) is 0.328. The second-order valence-corrected chi connectivity index (χ2v) is 8.99. The molecule has 0 atom stereocenters. The fraction of sp³-hybridized carbons (Fsp3) is 0.192. The zero-order valence-corrected chi connectivity index (χ0v) is 19.6. The molecule has 0 spiro atoms. The van der Waals surface area contributed by atoms with Crippen molar-refractivity contribution in [1.82, 2.24) is 10.3 Å². The van der Waals surface area contributed by atoms with Crippen molar-refractivity contribution in [1.29, 1.82) is 0 Å². The van der Waals surface area contributed by atoms with Gasteiger partial charge in [0.25, 0.3) is 11.8 Å². The van der Waals surface area contributed by atoms with Crippen molar-refractivity contribution in [3.63, 3.8) is 0 Å². The van der Waals surface area contributed by atoms with Crippen LogP contribution in [-0.4, -0.2) is 29.4 Å². The van der Waals surface area contributed by atoms with E-state index in [0.29, 0.717) is 22.7 Å². The molecule has 0 aliphatic carbocycles. The molecule has 0 radical (unpaired) electrons. The van der Waals surface area contributed by atoms with E-state index >= 15 is 0 Å². The average Bonchev–Trinajstić information content (AvgIpc) is 3.24. The topological polar surface area (TPSA) is 83.1 Å². The van der Waals surface area contributed by atoms with E-state index < -0.39 is 0 Å². The molecule has 0 aliphatic rings. The van der Waals surface area contributed by atoms with Gasteiger partial charge in [-0.3, -0.25) is 9.59 Å². The Morgan fingerprint density at radius 1 is 0.970 bits per heavy atom. The van der Waals surface area contributed by atoms with E-state index in [-0.39, 0.29) is 17.9 Å². The highest BCUT2D eigenvalue weighted by Crippen LogP contribution is 2.28. The number of carbonyl (C=O) groups excluding carboxylic acids is 2. The summed E-state index contributed by atoms with van der Waals surface area (Å²) in [5, 5.41) is 10.1. The number of thiophene rings is 1. The Hall–Kier alpha value is -3.71. The van der Waals surface area contributed by atoms with Crippen molar-refractivity contribution >= 4 is 44.7 Å². The van der Waals surface area contributed by atoms with Gasteiger partial charge in [-0.05, 0) is 68.3 Å². The first-order valence-electron chi connectivity index (χ1n) is 10.9. The third-order valence-electron chi connectivity index (χ3n) is 5.04. The number of rotatable bonds is 7. The molecule has 6 nitrogen and oxygen atoms in total. The number of nitrogens with one attached hydrogen (secondary N) is 3. The summed E-state index contributed by atoms with van der Waals surface area (Å²) in [6, 6.07) is 19.2. The van der Waals surface area contributed by atoms with Gasteiger partial charge in [-0.2, -0.15) is 0 Å². The van der Waals surface area contributed by atoms with Crippen molar-refractivity contribution in [2.45, 2.75) is 26.8 Å². The number of pyridine rings is 1. The van der Waals surface area contributed by atoms with Crippen LogP contribution in [0.1, 0.15) is 40.8 Å². The fourth-order valence-electron chi connectivity index (χ4n) is 3.52. The lowest BCUT2D eigenvalue weighted by atomic mass is 10.0. The van der Waals surface area contributed by atoms with Crippen molar-refractivity contribution in [2.75, 3.05) is 17.2 Å². The summed E-state index contributed by atoms with van der Waals surface area (Å²) < 4.78 is 0. The van der Waals surface area contributed by atoms with Crippen LogP contribution in [0, 0.1) is 0 Å². The predicted molar refractivity (Wildman–Crippen MR) is 136 cm³/mol. The van der Waals surface area contributed by atoms with Crippen LogP contribution < -0.4 is 16.0 Å². The summed E-state index contributed by atoms with van der Waals surface area (Å²) in [5.41, 5.74) is 4.11. The molecule has 2 aromatic carbocycles. The Morgan fingerprint density at radius 3 is 2.42 bits per heavy atom. The van der Waals surface area contributed by atoms with E-state index in [9.17, 15) is 9.59 Å². The minimum Gasteiger partial charge on any atom is -0.385 e. The molecule has 168 valence electrons. The van der Waals surface area contributed by atoms with Gasteiger partial charge in [0.15, 0.2) is 0 Å². The molecular weight excluding hydrogens is 432 g/mol. The smallest absolute Gasteiger partial charge is 0.265 e. The van der Waals surface area contributed by atoms with E-state index in [1.54, 1.807) is 6.20 Å². The molecule has 2 aromatic heterocycles. The van der Waals surface area contributed by atoms with E-state index in [0.717, 1.165) is 27.0 Å². The molecule has 7 heteroatoms. The van der Waals surface area contributed by atoms with Crippen LogP contribution in [0.2, 0.25) is 0 Å². The van der Waals surface area contributed by atoms with Crippen LogP contribution in [0.4, 0.5) is 11.4 Å². The van der Waals surface area contributed by atoms with Crippen molar-refractivity contribution in [3.05, 3.63) is 77.3 Å². The third kappa shape index (κ3) is 5.21. The zero-order chi connectivity index (χ0) is 23.4. The number of amides is 2. The van der Waals surface area contributed by atoms with Crippen molar-refractivity contribution in [2.24, 2.45) is 0 Å². The van der Waals surface area contributed by atoms with Crippen LogP contribution in [0.25, 0.3) is 21.3 Å². The number of aromatic nitrogens is 1. The van der Waals surface area contributed by atoms with E-state index in [2.05, 4.69) is 20.9 Å². The Labute approximate surface area is 197 Å². The number of hydrogen-bond acceptors (Lipinski definition) is 5. The first-order valence-corrected chi connectivity index (χ1v) is 11.7. The van der Waals surface area contributed by atoms with E-state index in [4.69, 9.17) is 0 Å². The third-order valence-corrected chi connectivity index (χ3v) is 6.10. The minimum absolute atomic E-state index is 0.0678. The van der Waals surface area contributed by atoms with Gasteiger partial charge in [0.05, 0.1) is 10.4 Å². The van der Waals surface area contributed by atoms with Crippen molar-refractivity contribution < 1.29 is 9.59 Å². The normalized spacial score (nSPS) is 10.9. The van der Waals surface area contributed by atoms with Crippen LogP contribution >= 0.6 is 11.3 Å². The second kappa shape index (κ2) is 9.83. The van der Waals surface area contributed by atoms with Gasteiger partial charge in [-0.15, -0.1) is 11.3 Å². The lowest BCUT2D eigenvalue weighted by Crippen LogP contribution is -2.30. The number of carbonyl (C=O) groups is 2. The van der Waals surface area contributed by atoms with Crippen LogP contribution in [0.5, 0.6) is 0 Å². The molecule has 4 rings (SSSR count). The highest BCUT2D eigenvalue weighted by molar-refractivity contribution is 7.20. The molecule has 0 unspecified atom stereocenters. The Kier molecular flexibility index (Phi) is 6.70. The molecule has 0 aliphatic heterocycles. The molecular formula is C26H26N4O2S. The monoisotopic (exact) mass is 458 g/mol. The average molecular weight is 459 g/mol. The summed E-state index contributed by atoms with van der Waals surface area (Å²) in [4.78, 5) is 31.0. The summed E-state index contributed by atoms with van der Waals surface area (Å²) in [6.45, 7) is 6.60. The maximum Gasteiger partial charge on any atom is 0.265 e. The lowest BCUT2D eigenvalue weighted by molar-refractivity contribution is 0.0943. The standard InChI is InChI=1S/C26H26N4O2S/c1-4-27-22-14-18(9-12-21(22)24(31)29-16(2)3)17-7-10-20(11-8-17)30-25(32)23-15-19-6-5-13-28-26(19)33-23/h5-16,27H,4H2,1-3H3,(H,29,31)(H,30,32). The highest BCUT2D eigenvalue weighted by atomic mass is 32.1. The van der Waals surface area contributed by atoms with Gasteiger partial charge in [-0.25, -0.2) is 4.98 Å². The first kappa shape index (κ1) is 22.5. The fourth-order valence-corrected chi connectivity index (χ4v) is 4.42. The minimum atomic E-state index is -0.152. The van der Waals surface area contributed by atoms with Crippen LogP contribution in [-0.2, 0) is 0 Å². The maximum atomic E-state index is 12.7. The van der Waals surface area contributed by atoms with E-state index in [1.807, 2.05) is 81.4 Å². The largest absolute Gasteiger partial charge is 0.385 e. The molecule has 2 heterocycles. The summed E-state index contributed by atoms with van der Waals surface area (Å²) >= 11 is 1.38. The molecule has 2 amide bonds. The Balaban J connectivity index is 1.51. The van der Waals surface area contributed by atoms with Gasteiger partial charge in [0, 0.05) is 35.5 Å². The van der Waals surface area contributed by atoms with Crippen LogP contribution in [0.15, 0.2) is 66.9 Å². The number of nitrogens with zero attached hydrogens (tertiary/aromatic N) is 1. The number of benzene rings is 2. The molecule has 0 saturated carbocycles. The summed E-state index contributed by atoms with van der Waals surface area (Å²) in [5.74, 6) is -0.248. The molecule has 0 bridgehead atoms. The van der Waals surface area contributed by atoms with Gasteiger partial charge < -0.3 is 16.0 Å². The molecule has 33 heavy (non-hydrogen) atoms. The van der Waals surface area contributed by atoms with Crippen LogP contribution in [0.3, 0.4) is 0 Å². The van der Waals surface area contributed by atoms with Gasteiger partial charge in [0.1, 0.15) is 4.83 Å². The lowest BCUT2D eigenvalue weighted by Gasteiger charge is -2.15. The second-order valence-electron chi connectivity index (χ2n) is 7.96. The molecule has 3 N–H and O–H groups in total. The van der Waals surface area contributed by atoms with Gasteiger partial charge >= 0.3 is 0 Å². The first-order chi connectivity index (χ1) is 15.9. The number of anilines is 2.